The molecule has 0 saturated carbocycles. The van der Waals surface area contributed by atoms with Crippen LogP contribution >= 0.6 is 22.9 Å². The van der Waals surface area contributed by atoms with E-state index in [0.29, 0.717) is 14.8 Å². The normalized spacial score (nSPS) is 21.0. The molecule has 1 aromatic carbocycles. The van der Waals surface area contributed by atoms with Crippen LogP contribution in [0.1, 0.15) is 31.2 Å². The van der Waals surface area contributed by atoms with E-state index in [1.807, 2.05) is 18.2 Å². The molecule has 2 amide bonds. The number of carbonyl (C=O) groups excluding carboxylic acids is 2. The predicted molar refractivity (Wildman–Crippen MR) is 121 cm³/mol. The summed E-state index contributed by atoms with van der Waals surface area (Å²) in [6, 6.07) is 8.32. The molecule has 1 aromatic heterocycles. The average Bonchev–Trinajstić information content (AvgIpc) is 3.31. The fourth-order valence-electron chi connectivity index (χ4n) is 4.16. The van der Waals surface area contributed by atoms with Crippen molar-refractivity contribution in [2.24, 2.45) is 0 Å². The number of amides is 2. The van der Waals surface area contributed by atoms with Crippen LogP contribution in [0.4, 0.5) is 4.79 Å². The Hall–Kier alpha value is -2.62. The Morgan fingerprint density at radius 3 is 2.56 bits per heavy atom. The van der Waals surface area contributed by atoms with Gasteiger partial charge in [-0.15, -0.1) is 11.3 Å². The molecule has 0 radical (unpaired) electrons. The zero-order valence-electron chi connectivity index (χ0n) is 17.5. The van der Waals surface area contributed by atoms with Crippen molar-refractivity contribution in [3.8, 4) is 0 Å². The summed E-state index contributed by atoms with van der Waals surface area (Å²) in [7, 11) is 2.09. The van der Waals surface area contributed by atoms with Gasteiger partial charge >= 0.3 is 6.16 Å². The molecule has 1 fully saturated rings. The first kappa shape index (κ1) is 22.6. The number of carbonyl (C=O) groups is 3. The molecule has 170 valence electrons. The number of carboxylic acid groups (broad SMARTS) is 1. The minimum atomic E-state index is -1.45. The third-order valence-electron chi connectivity index (χ3n) is 5.90. The number of ether oxygens (including phenoxy) is 1. The average molecular weight is 478 g/mol. The summed E-state index contributed by atoms with van der Waals surface area (Å²) >= 11 is 7.03. The van der Waals surface area contributed by atoms with Crippen LogP contribution in [-0.2, 0) is 17.6 Å². The second-order valence-electron chi connectivity index (χ2n) is 8.10. The van der Waals surface area contributed by atoms with Crippen LogP contribution in [0.5, 0.6) is 0 Å². The van der Waals surface area contributed by atoms with Crippen LogP contribution in [0.3, 0.4) is 0 Å². The predicted octanol–water partition coefficient (Wildman–Crippen LogP) is 2.75. The van der Waals surface area contributed by atoms with Gasteiger partial charge in [-0.25, -0.2) is 4.79 Å². The smallest absolute Gasteiger partial charge is 0.450 e. The van der Waals surface area contributed by atoms with Gasteiger partial charge in [-0.2, -0.15) is 0 Å². The number of benzene rings is 1. The number of hydrogen-bond donors (Lipinski definition) is 2. The highest BCUT2D eigenvalue weighted by Crippen LogP contribution is 2.24. The molecule has 3 heterocycles. The first-order valence-corrected chi connectivity index (χ1v) is 11.5. The maximum Gasteiger partial charge on any atom is 0.506 e. The molecule has 2 aliphatic heterocycles. The lowest BCUT2D eigenvalue weighted by atomic mass is 9.99. The van der Waals surface area contributed by atoms with Crippen molar-refractivity contribution in [1.82, 2.24) is 15.1 Å². The standard InChI is InChI=1S/C22H24ClN3O5S/c1-25-8-6-13-2-3-15(10-14(13)7-9-25)21(28)26-11-16(17(12-26)31-22(29)30)24-20(27)18-4-5-19(23)32-18/h2-5,10,16-17H,6-9,11-12H2,1H3,(H,24,27)(H,29,30). The molecule has 8 nitrogen and oxygen atoms in total. The van der Waals surface area contributed by atoms with Gasteiger partial charge in [0.15, 0.2) is 0 Å². The van der Waals surface area contributed by atoms with Gasteiger partial charge in [0, 0.05) is 25.2 Å². The van der Waals surface area contributed by atoms with E-state index in [9.17, 15) is 14.4 Å². The van der Waals surface area contributed by atoms with Crippen molar-refractivity contribution in [2.75, 3.05) is 33.2 Å². The van der Waals surface area contributed by atoms with Crippen molar-refractivity contribution in [2.45, 2.75) is 25.0 Å². The van der Waals surface area contributed by atoms with Crippen LogP contribution in [0.2, 0.25) is 4.34 Å². The number of thiophene rings is 1. The van der Waals surface area contributed by atoms with Crippen molar-refractivity contribution in [3.05, 3.63) is 56.2 Å². The SMILES string of the molecule is CN1CCc2ccc(C(=O)N3CC(NC(=O)c4ccc(Cl)s4)C(OC(=O)O)C3)cc2CC1. The summed E-state index contributed by atoms with van der Waals surface area (Å²) in [5, 5.41) is 11.9. The van der Waals surface area contributed by atoms with E-state index in [1.54, 1.807) is 12.1 Å². The molecule has 0 bridgehead atoms. The number of rotatable bonds is 4. The van der Waals surface area contributed by atoms with E-state index in [2.05, 4.69) is 17.3 Å². The number of halogens is 1. The molecule has 0 aliphatic carbocycles. The van der Waals surface area contributed by atoms with Crippen molar-refractivity contribution < 1.29 is 24.2 Å². The van der Waals surface area contributed by atoms with Gasteiger partial charge < -0.3 is 25.0 Å². The van der Waals surface area contributed by atoms with Crippen molar-refractivity contribution >= 4 is 40.9 Å². The van der Waals surface area contributed by atoms with Gasteiger partial charge in [0.25, 0.3) is 11.8 Å². The number of likely N-dealkylation sites (N-methyl/N-ethyl adjacent to an activating group) is 1. The van der Waals surface area contributed by atoms with Crippen LogP contribution in [0, 0.1) is 0 Å². The molecule has 1 saturated heterocycles. The van der Waals surface area contributed by atoms with Crippen LogP contribution in [0.25, 0.3) is 0 Å². The number of nitrogens with one attached hydrogen (secondary N) is 1. The van der Waals surface area contributed by atoms with Gasteiger partial charge in [0.2, 0.25) is 0 Å². The number of nitrogens with zero attached hydrogens (tertiary/aromatic N) is 2. The van der Waals surface area contributed by atoms with Crippen LogP contribution in [0.15, 0.2) is 30.3 Å². The second-order valence-corrected chi connectivity index (χ2v) is 9.82. The van der Waals surface area contributed by atoms with E-state index in [0.717, 1.165) is 42.8 Å². The number of likely N-dealkylation sites (tertiary alicyclic amines) is 1. The first-order valence-electron chi connectivity index (χ1n) is 10.4. The van der Waals surface area contributed by atoms with E-state index < -0.39 is 18.3 Å². The Kier molecular flexibility index (Phi) is 6.68. The molecular weight excluding hydrogens is 454 g/mol. The van der Waals surface area contributed by atoms with E-state index in [1.165, 1.54) is 10.5 Å². The summed E-state index contributed by atoms with van der Waals surface area (Å²) in [6.45, 7) is 2.14. The molecule has 4 rings (SSSR count). The summed E-state index contributed by atoms with van der Waals surface area (Å²) in [5.74, 6) is -0.588. The monoisotopic (exact) mass is 477 g/mol. The molecular formula is C22H24ClN3O5S. The zero-order chi connectivity index (χ0) is 22.8. The summed E-state index contributed by atoms with van der Waals surface area (Å²) in [6.07, 6.45) is -0.485. The lowest BCUT2D eigenvalue weighted by Gasteiger charge is -2.18. The van der Waals surface area contributed by atoms with Crippen molar-refractivity contribution in [3.63, 3.8) is 0 Å². The third-order valence-corrected chi connectivity index (χ3v) is 7.13. The van der Waals surface area contributed by atoms with Crippen LogP contribution < -0.4 is 5.32 Å². The topological polar surface area (TPSA) is 99.2 Å². The summed E-state index contributed by atoms with van der Waals surface area (Å²) in [4.78, 5) is 41.1. The minimum Gasteiger partial charge on any atom is -0.450 e. The fourth-order valence-corrected chi connectivity index (χ4v) is 5.10. The van der Waals surface area contributed by atoms with E-state index in [-0.39, 0.29) is 24.9 Å². The Balaban J connectivity index is 1.49. The molecule has 2 aromatic rings. The van der Waals surface area contributed by atoms with Gasteiger partial charge in [-0.1, -0.05) is 17.7 Å². The Bertz CT molecular complexity index is 1040. The highest BCUT2D eigenvalue weighted by molar-refractivity contribution is 7.18. The molecule has 0 spiro atoms. The lowest BCUT2D eigenvalue weighted by molar-refractivity contribution is 0.0430. The number of hydrogen-bond acceptors (Lipinski definition) is 6. The minimum absolute atomic E-state index is 0.0705. The molecule has 2 aliphatic rings. The quantitative estimate of drug-likeness (QED) is 0.657. The van der Waals surface area contributed by atoms with E-state index >= 15 is 0 Å². The first-order chi connectivity index (χ1) is 15.3. The number of fused-ring (bicyclic) bond motifs is 1. The molecule has 10 heteroatoms. The summed E-state index contributed by atoms with van der Waals surface area (Å²) < 4.78 is 5.46. The molecule has 2 N–H and O–H groups in total. The molecule has 2 unspecified atom stereocenters. The Morgan fingerprint density at radius 1 is 1.12 bits per heavy atom. The van der Waals surface area contributed by atoms with Gasteiger partial charge in [-0.05, 0) is 55.3 Å². The molecule has 32 heavy (non-hydrogen) atoms. The highest BCUT2D eigenvalue weighted by atomic mass is 35.5. The fraction of sp³-hybridized carbons (Fsp3) is 0.409. The summed E-state index contributed by atoms with van der Waals surface area (Å²) in [5.41, 5.74) is 2.97. The lowest BCUT2D eigenvalue weighted by Crippen LogP contribution is -2.44. The maximum absolute atomic E-state index is 13.2. The zero-order valence-corrected chi connectivity index (χ0v) is 19.1. The van der Waals surface area contributed by atoms with Gasteiger partial charge in [0.1, 0.15) is 6.10 Å². The third kappa shape index (κ3) is 5.06. The Labute approximate surface area is 194 Å². The van der Waals surface area contributed by atoms with Crippen LogP contribution in [-0.4, -0.2) is 78.2 Å². The molecule has 2 atom stereocenters. The Morgan fingerprint density at radius 2 is 1.88 bits per heavy atom. The highest BCUT2D eigenvalue weighted by Gasteiger charge is 2.39. The van der Waals surface area contributed by atoms with E-state index in [4.69, 9.17) is 21.4 Å². The van der Waals surface area contributed by atoms with Gasteiger partial charge in [-0.3, -0.25) is 9.59 Å². The largest absolute Gasteiger partial charge is 0.506 e. The second kappa shape index (κ2) is 9.48. The maximum atomic E-state index is 13.2. The van der Waals surface area contributed by atoms with Crippen molar-refractivity contribution in [1.29, 1.82) is 0 Å². The van der Waals surface area contributed by atoms with Gasteiger partial charge in [0.05, 0.1) is 21.8 Å².